The summed E-state index contributed by atoms with van der Waals surface area (Å²) in [6.07, 6.45) is 4.08. The van der Waals surface area contributed by atoms with Crippen molar-refractivity contribution in [2.24, 2.45) is 17.6 Å². The van der Waals surface area contributed by atoms with Crippen molar-refractivity contribution in [3.05, 3.63) is 22.4 Å². The van der Waals surface area contributed by atoms with Crippen LogP contribution in [0.25, 0.3) is 0 Å². The zero-order valence-electron chi connectivity index (χ0n) is 11.6. The molecule has 0 spiro atoms. The van der Waals surface area contributed by atoms with Gasteiger partial charge in [-0.3, -0.25) is 4.90 Å². The van der Waals surface area contributed by atoms with Crippen LogP contribution in [0.4, 0.5) is 0 Å². The summed E-state index contributed by atoms with van der Waals surface area (Å²) in [5.41, 5.74) is 5.90. The van der Waals surface area contributed by atoms with Crippen LogP contribution in [-0.2, 0) is 6.54 Å². The lowest BCUT2D eigenvalue weighted by molar-refractivity contribution is 0.163. The number of nitrogens with zero attached hydrogens (tertiary/aromatic N) is 1. The Morgan fingerprint density at radius 3 is 2.78 bits per heavy atom. The van der Waals surface area contributed by atoms with Crippen LogP contribution < -0.4 is 5.73 Å². The molecule has 1 heterocycles. The molecule has 1 aliphatic carbocycles. The highest BCUT2D eigenvalue weighted by Crippen LogP contribution is 2.32. The Hall–Kier alpha value is -0.380. The molecule has 0 aliphatic heterocycles. The zero-order chi connectivity index (χ0) is 13.0. The van der Waals surface area contributed by atoms with Crippen LogP contribution in [0.15, 0.2) is 17.5 Å². The van der Waals surface area contributed by atoms with E-state index in [0.717, 1.165) is 24.9 Å². The molecule has 0 bridgehead atoms. The van der Waals surface area contributed by atoms with Crippen LogP contribution in [0.5, 0.6) is 0 Å². The number of nitrogens with two attached hydrogens (primary N) is 1. The lowest BCUT2D eigenvalue weighted by atomic mass is 9.95. The molecule has 18 heavy (non-hydrogen) atoms. The van der Waals surface area contributed by atoms with Crippen LogP contribution in [0.1, 0.15) is 38.0 Å². The van der Waals surface area contributed by atoms with E-state index in [2.05, 4.69) is 36.3 Å². The molecule has 0 aromatic carbocycles. The molecule has 2 nitrogen and oxygen atoms in total. The second-order valence-corrected chi connectivity index (χ2v) is 6.82. The van der Waals surface area contributed by atoms with Crippen molar-refractivity contribution < 1.29 is 0 Å². The van der Waals surface area contributed by atoms with E-state index < -0.39 is 0 Å². The van der Waals surface area contributed by atoms with Crippen molar-refractivity contribution in [3.8, 4) is 0 Å². The molecule has 1 aliphatic rings. The highest BCUT2D eigenvalue weighted by Gasteiger charge is 2.28. The first-order valence-electron chi connectivity index (χ1n) is 7.17. The first kappa shape index (κ1) is 14.0. The number of thiophene rings is 1. The molecule has 2 N–H and O–H groups in total. The summed E-state index contributed by atoms with van der Waals surface area (Å²) in [6, 6.07) is 5.01. The third kappa shape index (κ3) is 3.56. The molecule has 0 radical (unpaired) electrons. The first-order valence-corrected chi connectivity index (χ1v) is 8.05. The molecule has 1 saturated carbocycles. The van der Waals surface area contributed by atoms with Gasteiger partial charge in [-0.15, -0.1) is 11.3 Å². The predicted molar refractivity (Wildman–Crippen MR) is 79.8 cm³/mol. The molecule has 2 unspecified atom stereocenters. The maximum atomic E-state index is 5.90. The van der Waals surface area contributed by atoms with Crippen molar-refractivity contribution in [2.45, 2.75) is 45.7 Å². The minimum absolute atomic E-state index is 0.617. The summed E-state index contributed by atoms with van der Waals surface area (Å²) in [7, 11) is 0. The van der Waals surface area contributed by atoms with E-state index in [0.29, 0.717) is 6.04 Å². The van der Waals surface area contributed by atoms with E-state index in [9.17, 15) is 0 Å². The minimum Gasteiger partial charge on any atom is -0.330 e. The molecule has 1 aromatic rings. The van der Waals surface area contributed by atoms with Gasteiger partial charge in [0.1, 0.15) is 0 Å². The molecular formula is C15H26N2S. The van der Waals surface area contributed by atoms with Gasteiger partial charge in [-0.25, -0.2) is 0 Å². The second-order valence-electron chi connectivity index (χ2n) is 5.79. The SMILES string of the molecule is CC(C)N(Cc1cccs1)CC1CCCC1CN. The third-order valence-corrected chi connectivity index (χ3v) is 5.12. The Morgan fingerprint density at radius 2 is 2.17 bits per heavy atom. The van der Waals surface area contributed by atoms with Crippen molar-refractivity contribution in [1.82, 2.24) is 4.90 Å². The van der Waals surface area contributed by atoms with Crippen molar-refractivity contribution in [1.29, 1.82) is 0 Å². The van der Waals surface area contributed by atoms with Crippen molar-refractivity contribution in [2.75, 3.05) is 13.1 Å². The van der Waals surface area contributed by atoms with Gasteiger partial charge in [0.25, 0.3) is 0 Å². The normalized spacial score (nSPS) is 24.3. The Morgan fingerprint density at radius 1 is 1.39 bits per heavy atom. The van der Waals surface area contributed by atoms with Crippen LogP contribution in [0.2, 0.25) is 0 Å². The van der Waals surface area contributed by atoms with Gasteiger partial charge < -0.3 is 5.73 Å². The van der Waals surface area contributed by atoms with E-state index in [1.54, 1.807) is 0 Å². The Kier molecular flexibility index (Phi) is 5.22. The summed E-state index contributed by atoms with van der Waals surface area (Å²) in [5, 5.41) is 2.17. The average molecular weight is 266 g/mol. The van der Waals surface area contributed by atoms with E-state index >= 15 is 0 Å². The lowest BCUT2D eigenvalue weighted by Gasteiger charge is -2.31. The van der Waals surface area contributed by atoms with Gasteiger partial charge in [0.05, 0.1) is 0 Å². The number of rotatable bonds is 6. The largest absolute Gasteiger partial charge is 0.330 e. The highest BCUT2D eigenvalue weighted by molar-refractivity contribution is 7.09. The van der Waals surface area contributed by atoms with E-state index in [1.807, 2.05) is 11.3 Å². The van der Waals surface area contributed by atoms with Crippen molar-refractivity contribution in [3.63, 3.8) is 0 Å². The summed E-state index contributed by atoms with van der Waals surface area (Å²) in [6.45, 7) is 7.80. The van der Waals surface area contributed by atoms with Gasteiger partial charge in [0, 0.05) is 24.0 Å². The number of hydrogen-bond acceptors (Lipinski definition) is 3. The average Bonchev–Trinajstić information content (AvgIpc) is 2.98. The molecule has 2 rings (SSSR count). The van der Waals surface area contributed by atoms with Crippen LogP contribution in [0, 0.1) is 11.8 Å². The lowest BCUT2D eigenvalue weighted by Crippen LogP contribution is -2.37. The van der Waals surface area contributed by atoms with Crippen molar-refractivity contribution >= 4 is 11.3 Å². The van der Waals surface area contributed by atoms with Gasteiger partial charge in [-0.1, -0.05) is 12.5 Å². The van der Waals surface area contributed by atoms with E-state index in [4.69, 9.17) is 5.73 Å². The molecule has 2 atom stereocenters. The molecule has 1 aromatic heterocycles. The Labute approximate surface area is 115 Å². The minimum atomic E-state index is 0.617. The molecular weight excluding hydrogens is 240 g/mol. The predicted octanol–water partition coefficient (Wildman–Crippen LogP) is 3.33. The van der Waals surface area contributed by atoms with Crippen LogP contribution >= 0.6 is 11.3 Å². The van der Waals surface area contributed by atoms with Gasteiger partial charge in [0.15, 0.2) is 0 Å². The molecule has 3 heteroatoms. The summed E-state index contributed by atoms with van der Waals surface area (Å²) < 4.78 is 0. The highest BCUT2D eigenvalue weighted by atomic mass is 32.1. The molecule has 0 amide bonds. The van der Waals surface area contributed by atoms with Gasteiger partial charge >= 0.3 is 0 Å². The monoisotopic (exact) mass is 266 g/mol. The van der Waals surface area contributed by atoms with Gasteiger partial charge in [-0.05, 0) is 56.5 Å². The van der Waals surface area contributed by atoms with Crippen LogP contribution in [0.3, 0.4) is 0 Å². The van der Waals surface area contributed by atoms with Crippen LogP contribution in [-0.4, -0.2) is 24.0 Å². The van der Waals surface area contributed by atoms with E-state index in [1.165, 1.54) is 30.7 Å². The van der Waals surface area contributed by atoms with Gasteiger partial charge in [-0.2, -0.15) is 0 Å². The van der Waals surface area contributed by atoms with Gasteiger partial charge in [0.2, 0.25) is 0 Å². The summed E-state index contributed by atoms with van der Waals surface area (Å²) in [4.78, 5) is 4.09. The standard InChI is InChI=1S/C15H26N2S/c1-12(2)17(11-15-7-4-8-18-15)10-14-6-3-5-13(14)9-16/h4,7-8,12-14H,3,5-6,9-11,16H2,1-2H3. The third-order valence-electron chi connectivity index (χ3n) is 4.26. The molecule has 0 saturated heterocycles. The number of hydrogen-bond donors (Lipinski definition) is 1. The fraction of sp³-hybridized carbons (Fsp3) is 0.733. The fourth-order valence-corrected chi connectivity index (χ4v) is 3.76. The second kappa shape index (κ2) is 6.69. The first-order chi connectivity index (χ1) is 8.70. The maximum Gasteiger partial charge on any atom is 0.0330 e. The zero-order valence-corrected chi connectivity index (χ0v) is 12.5. The summed E-state index contributed by atoms with van der Waals surface area (Å²) >= 11 is 1.87. The smallest absolute Gasteiger partial charge is 0.0330 e. The fourth-order valence-electron chi connectivity index (χ4n) is 3.03. The topological polar surface area (TPSA) is 29.3 Å². The maximum absolute atomic E-state index is 5.90. The Balaban J connectivity index is 1.93. The molecule has 102 valence electrons. The molecule has 1 fully saturated rings. The summed E-state index contributed by atoms with van der Waals surface area (Å²) in [5.74, 6) is 1.58. The Bertz CT molecular complexity index is 334. The van der Waals surface area contributed by atoms with E-state index in [-0.39, 0.29) is 0 Å². The quantitative estimate of drug-likeness (QED) is 0.855.